The highest BCUT2D eigenvalue weighted by atomic mass is 32.2. The summed E-state index contributed by atoms with van der Waals surface area (Å²) >= 11 is 0. The van der Waals surface area contributed by atoms with Crippen LogP contribution in [-0.4, -0.2) is 27.6 Å². The first-order valence-corrected chi connectivity index (χ1v) is 11.5. The van der Waals surface area contributed by atoms with Crippen molar-refractivity contribution in [2.24, 2.45) is 0 Å². The van der Waals surface area contributed by atoms with Gasteiger partial charge in [0.1, 0.15) is 23.0 Å². The maximum absolute atomic E-state index is 12.5. The Morgan fingerprint density at radius 1 is 0.968 bits per heavy atom. The third kappa shape index (κ3) is 6.06. The first-order chi connectivity index (χ1) is 14.8. The average Bonchev–Trinajstić information content (AvgIpc) is 2.76. The second kappa shape index (κ2) is 9.62. The van der Waals surface area contributed by atoms with E-state index >= 15 is 0 Å². The molecule has 0 spiro atoms. The quantitative estimate of drug-likeness (QED) is 0.372. The summed E-state index contributed by atoms with van der Waals surface area (Å²) in [5, 5.41) is 0. The Hall–Kier alpha value is -3.38. The van der Waals surface area contributed by atoms with Crippen LogP contribution in [0.3, 0.4) is 0 Å². The molecule has 0 aliphatic rings. The Bertz CT molecular complexity index is 1190. The maximum atomic E-state index is 12.5. The largest absolute Gasteiger partial charge is 0.495 e. The fourth-order valence-corrected chi connectivity index (χ4v) is 3.74. The molecule has 0 radical (unpaired) electrons. The lowest BCUT2D eigenvalue weighted by Gasteiger charge is -2.08. The molecule has 0 aliphatic heterocycles. The molecule has 0 amide bonds. The van der Waals surface area contributed by atoms with Gasteiger partial charge < -0.3 is 9.47 Å². The average molecular weight is 437 g/mol. The van der Waals surface area contributed by atoms with Crippen molar-refractivity contribution in [1.82, 2.24) is 0 Å². The fourth-order valence-electron chi connectivity index (χ4n) is 2.92. The van der Waals surface area contributed by atoms with Gasteiger partial charge in [0.15, 0.2) is 15.6 Å². The summed E-state index contributed by atoms with van der Waals surface area (Å²) in [7, 11) is -2.07. The zero-order valence-electron chi connectivity index (χ0n) is 17.7. The van der Waals surface area contributed by atoms with Crippen LogP contribution in [-0.2, 0) is 16.4 Å². The molecule has 3 aromatic carbocycles. The topological polar surface area (TPSA) is 69.7 Å². The lowest BCUT2D eigenvalue weighted by atomic mass is 10.1. The molecule has 0 N–H and O–H groups in total. The van der Waals surface area contributed by atoms with Crippen LogP contribution in [0.2, 0.25) is 0 Å². The number of methoxy groups -OCH3 is 1. The van der Waals surface area contributed by atoms with E-state index in [-0.39, 0.29) is 16.4 Å². The van der Waals surface area contributed by atoms with Gasteiger partial charge in [-0.3, -0.25) is 4.79 Å². The molecule has 0 atom stereocenters. The Morgan fingerprint density at radius 2 is 1.65 bits per heavy atom. The number of ketones is 1. The number of sulfone groups is 1. The molecule has 6 heteroatoms. The molecule has 0 heterocycles. The normalized spacial score (nSPS) is 11.5. The van der Waals surface area contributed by atoms with E-state index < -0.39 is 9.84 Å². The van der Waals surface area contributed by atoms with Gasteiger partial charge in [-0.1, -0.05) is 48.0 Å². The summed E-state index contributed by atoms with van der Waals surface area (Å²) in [5.41, 5.74) is 3.49. The standard InChI is InChI=1S/C25H24O5S/c1-18-4-6-20(7-5-18)17-30-22-12-8-19(9-13-22)10-14-23(26)21-11-15-25(31(3,27)28)24(16-21)29-2/h4-16H,17H2,1-3H3/b14-10+. The fraction of sp³-hybridized carbons (Fsp3) is 0.160. The maximum Gasteiger partial charge on any atom is 0.185 e. The first kappa shape index (κ1) is 22.3. The van der Waals surface area contributed by atoms with Crippen LogP contribution in [0.4, 0.5) is 0 Å². The number of allylic oxidation sites excluding steroid dienone is 1. The molecule has 160 valence electrons. The molecule has 3 rings (SSSR count). The summed E-state index contributed by atoms with van der Waals surface area (Å²) in [6.45, 7) is 2.53. The second-order valence-electron chi connectivity index (χ2n) is 7.18. The molecule has 0 saturated carbocycles. The molecule has 31 heavy (non-hydrogen) atoms. The Balaban J connectivity index is 1.64. The number of ether oxygens (including phenoxy) is 2. The van der Waals surface area contributed by atoms with Crippen LogP contribution in [0.15, 0.2) is 77.7 Å². The molecular formula is C25H24O5S. The predicted octanol–water partition coefficient (Wildman–Crippen LogP) is 4.88. The van der Waals surface area contributed by atoms with E-state index in [1.807, 2.05) is 55.5 Å². The predicted molar refractivity (Wildman–Crippen MR) is 121 cm³/mol. The van der Waals surface area contributed by atoms with Gasteiger partial charge in [0.2, 0.25) is 0 Å². The molecule has 0 unspecified atom stereocenters. The number of carbonyl (C=O) groups excluding carboxylic acids is 1. The number of rotatable bonds is 8. The van der Waals surface area contributed by atoms with Crippen LogP contribution >= 0.6 is 0 Å². The van der Waals surface area contributed by atoms with Crippen LogP contribution in [0.1, 0.15) is 27.0 Å². The van der Waals surface area contributed by atoms with Crippen molar-refractivity contribution < 1.29 is 22.7 Å². The molecular weight excluding hydrogens is 412 g/mol. The number of hydrogen-bond acceptors (Lipinski definition) is 5. The number of carbonyl (C=O) groups is 1. The minimum atomic E-state index is -3.44. The molecule has 0 bridgehead atoms. The van der Waals surface area contributed by atoms with Gasteiger partial charge in [-0.25, -0.2) is 8.42 Å². The van der Waals surface area contributed by atoms with Crippen molar-refractivity contribution in [3.8, 4) is 11.5 Å². The molecule has 5 nitrogen and oxygen atoms in total. The minimum Gasteiger partial charge on any atom is -0.495 e. The molecule has 3 aromatic rings. The van der Waals surface area contributed by atoms with E-state index in [4.69, 9.17) is 9.47 Å². The molecule has 0 aliphatic carbocycles. The zero-order valence-corrected chi connectivity index (χ0v) is 18.5. The molecule has 0 aromatic heterocycles. The van der Waals surface area contributed by atoms with E-state index in [1.165, 1.54) is 36.9 Å². The van der Waals surface area contributed by atoms with Gasteiger partial charge in [0, 0.05) is 11.8 Å². The van der Waals surface area contributed by atoms with Crippen LogP contribution in [0.25, 0.3) is 6.08 Å². The van der Waals surface area contributed by atoms with E-state index in [0.717, 1.165) is 23.1 Å². The van der Waals surface area contributed by atoms with Gasteiger partial charge in [0.05, 0.1) is 7.11 Å². The van der Waals surface area contributed by atoms with E-state index in [1.54, 1.807) is 6.08 Å². The van der Waals surface area contributed by atoms with Gasteiger partial charge in [-0.15, -0.1) is 0 Å². The van der Waals surface area contributed by atoms with Crippen molar-refractivity contribution in [1.29, 1.82) is 0 Å². The zero-order chi connectivity index (χ0) is 22.4. The van der Waals surface area contributed by atoms with E-state index in [9.17, 15) is 13.2 Å². The van der Waals surface area contributed by atoms with Crippen LogP contribution in [0.5, 0.6) is 11.5 Å². The molecule has 0 saturated heterocycles. The van der Waals surface area contributed by atoms with Crippen molar-refractivity contribution >= 4 is 21.7 Å². The van der Waals surface area contributed by atoms with Crippen molar-refractivity contribution in [2.75, 3.05) is 13.4 Å². The SMILES string of the molecule is COc1cc(C(=O)/C=C/c2ccc(OCc3ccc(C)cc3)cc2)ccc1S(C)(=O)=O. The van der Waals surface area contributed by atoms with Gasteiger partial charge in [-0.05, 0) is 54.5 Å². The van der Waals surface area contributed by atoms with Crippen LogP contribution in [0, 0.1) is 6.92 Å². The van der Waals surface area contributed by atoms with Gasteiger partial charge >= 0.3 is 0 Å². The number of aryl methyl sites for hydroxylation is 1. The number of hydrogen-bond donors (Lipinski definition) is 0. The van der Waals surface area contributed by atoms with Crippen molar-refractivity contribution in [3.63, 3.8) is 0 Å². The highest BCUT2D eigenvalue weighted by molar-refractivity contribution is 7.90. The highest BCUT2D eigenvalue weighted by Crippen LogP contribution is 2.25. The summed E-state index contributed by atoms with van der Waals surface area (Å²) in [6, 6.07) is 19.9. The summed E-state index contributed by atoms with van der Waals surface area (Å²) in [4.78, 5) is 12.5. The van der Waals surface area contributed by atoms with Crippen LogP contribution < -0.4 is 9.47 Å². The van der Waals surface area contributed by atoms with Crippen molar-refractivity contribution in [2.45, 2.75) is 18.4 Å². The number of benzene rings is 3. The Morgan fingerprint density at radius 3 is 2.26 bits per heavy atom. The van der Waals surface area contributed by atoms with Crippen molar-refractivity contribution in [3.05, 3.63) is 95.1 Å². The second-order valence-corrected chi connectivity index (χ2v) is 9.16. The summed E-state index contributed by atoms with van der Waals surface area (Å²) in [6.07, 6.45) is 4.24. The third-order valence-corrected chi connectivity index (χ3v) is 5.82. The smallest absolute Gasteiger partial charge is 0.185 e. The lowest BCUT2D eigenvalue weighted by molar-refractivity contribution is 0.104. The minimum absolute atomic E-state index is 0.0526. The van der Waals surface area contributed by atoms with E-state index in [0.29, 0.717) is 12.2 Å². The third-order valence-electron chi connectivity index (χ3n) is 4.68. The highest BCUT2D eigenvalue weighted by Gasteiger charge is 2.16. The Labute approximate surface area is 182 Å². The summed E-state index contributed by atoms with van der Waals surface area (Å²) in [5.74, 6) is 0.639. The van der Waals surface area contributed by atoms with E-state index in [2.05, 4.69) is 0 Å². The molecule has 0 fully saturated rings. The monoisotopic (exact) mass is 436 g/mol. The Kier molecular flexibility index (Phi) is 6.92. The van der Waals surface area contributed by atoms with Gasteiger partial charge in [0.25, 0.3) is 0 Å². The van der Waals surface area contributed by atoms with Gasteiger partial charge in [-0.2, -0.15) is 0 Å². The lowest BCUT2D eigenvalue weighted by Crippen LogP contribution is -2.03. The first-order valence-electron chi connectivity index (χ1n) is 9.65. The summed E-state index contributed by atoms with van der Waals surface area (Å²) < 4.78 is 34.5.